The van der Waals surface area contributed by atoms with Crippen LogP contribution in [0.4, 0.5) is 0 Å². The van der Waals surface area contributed by atoms with Crippen molar-refractivity contribution in [2.45, 2.75) is 72.1 Å². The molecule has 0 saturated carbocycles. The van der Waals surface area contributed by atoms with Gasteiger partial charge in [-0.15, -0.1) is 0 Å². The van der Waals surface area contributed by atoms with Crippen molar-refractivity contribution in [2.24, 2.45) is 0 Å². The van der Waals surface area contributed by atoms with Crippen molar-refractivity contribution in [3.05, 3.63) is 72.5 Å². The second-order valence-corrected chi connectivity index (χ2v) is 10.3. The topological polar surface area (TPSA) is 113 Å². The molecule has 3 aromatic rings. The lowest BCUT2D eigenvalue weighted by molar-refractivity contribution is 0.0485. The van der Waals surface area contributed by atoms with E-state index >= 15 is 0 Å². The maximum absolute atomic E-state index is 12.6. The lowest BCUT2D eigenvalue weighted by atomic mass is 10.1. The standard InChI is InChI=1S/C29H36BrN3O6/c1-5-6-7-8-9-10-11-12-15-38-28(35)25-27(34)31-29(36)33(32-25)21-16-19(2)26(20(3)17-21)39-22-13-14-24(37-4)23(30)18-22/h13-14,16-18H,5-12,15H2,1-4H3,(H,31,34,36). The summed E-state index contributed by atoms with van der Waals surface area (Å²) in [7, 11) is 1.59. The number of hydrogen-bond donors (Lipinski definition) is 1. The third kappa shape index (κ3) is 8.29. The predicted molar refractivity (Wildman–Crippen MR) is 154 cm³/mol. The number of nitrogens with one attached hydrogen (secondary N) is 1. The Morgan fingerprint density at radius 3 is 2.23 bits per heavy atom. The molecule has 0 bridgehead atoms. The molecule has 0 aliphatic carbocycles. The molecule has 0 atom stereocenters. The van der Waals surface area contributed by atoms with E-state index in [1.54, 1.807) is 37.4 Å². The number of halogens is 1. The summed E-state index contributed by atoms with van der Waals surface area (Å²) in [4.78, 5) is 39.7. The number of rotatable bonds is 14. The van der Waals surface area contributed by atoms with E-state index in [1.165, 1.54) is 32.1 Å². The molecule has 0 radical (unpaired) electrons. The molecule has 210 valence electrons. The summed E-state index contributed by atoms with van der Waals surface area (Å²) in [5.74, 6) is 1.04. The minimum Gasteiger partial charge on any atom is -0.496 e. The van der Waals surface area contributed by atoms with E-state index in [9.17, 15) is 14.4 Å². The molecule has 0 unspecified atom stereocenters. The summed E-state index contributed by atoms with van der Waals surface area (Å²) in [5, 5.41) is 4.05. The normalized spacial score (nSPS) is 10.9. The molecule has 0 amide bonds. The van der Waals surface area contributed by atoms with Gasteiger partial charge >= 0.3 is 11.7 Å². The summed E-state index contributed by atoms with van der Waals surface area (Å²) in [6, 6.07) is 8.77. The Labute approximate surface area is 236 Å². The highest BCUT2D eigenvalue weighted by atomic mass is 79.9. The quantitative estimate of drug-likeness (QED) is 0.168. The van der Waals surface area contributed by atoms with E-state index in [4.69, 9.17) is 14.2 Å². The highest BCUT2D eigenvalue weighted by Crippen LogP contribution is 2.34. The lowest BCUT2D eigenvalue weighted by Crippen LogP contribution is -2.36. The van der Waals surface area contributed by atoms with Crippen LogP contribution in [-0.4, -0.2) is 34.5 Å². The maximum Gasteiger partial charge on any atom is 0.364 e. The number of aromatic amines is 1. The van der Waals surface area contributed by atoms with E-state index < -0.39 is 22.9 Å². The van der Waals surface area contributed by atoms with Crippen molar-refractivity contribution < 1.29 is 19.0 Å². The molecule has 1 aromatic heterocycles. The van der Waals surface area contributed by atoms with Crippen LogP contribution in [0.3, 0.4) is 0 Å². The van der Waals surface area contributed by atoms with Crippen LogP contribution in [0.15, 0.2) is 44.4 Å². The highest BCUT2D eigenvalue weighted by Gasteiger charge is 2.19. The van der Waals surface area contributed by atoms with Crippen LogP contribution in [-0.2, 0) is 4.74 Å². The van der Waals surface area contributed by atoms with Crippen LogP contribution in [0, 0.1) is 13.8 Å². The SMILES string of the molecule is CCCCCCCCCCOC(=O)c1nn(-c2cc(C)c(Oc3ccc(OC)c(Br)c3)c(C)c2)c(=O)[nH]c1=O. The zero-order chi connectivity index (χ0) is 28.4. The van der Waals surface area contributed by atoms with Gasteiger partial charge in [0.15, 0.2) is 0 Å². The Kier molecular flexibility index (Phi) is 11.3. The average molecular weight is 603 g/mol. The van der Waals surface area contributed by atoms with Crippen molar-refractivity contribution in [1.82, 2.24) is 14.8 Å². The van der Waals surface area contributed by atoms with Gasteiger partial charge in [0.25, 0.3) is 5.56 Å². The summed E-state index contributed by atoms with van der Waals surface area (Å²) >= 11 is 3.45. The lowest BCUT2D eigenvalue weighted by Gasteiger charge is -2.15. The van der Waals surface area contributed by atoms with Gasteiger partial charge in [-0.05, 0) is 77.7 Å². The Morgan fingerprint density at radius 1 is 0.974 bits per heavy atom. The Balaban J connectivity index is 1.70. The Morgan fingerprint density at radius 2 is 1.62 bits per heavy atom. The van der Waals surface area contributed by atoms with Crippen LogP contribution < -0.4 is 20.7 Å². The molecular formula is C29H36BrN3O6. The van der Waals surface area contributed by atoms with E-state index in [0.717, 1.165) is 33.1 Å². The fourth-order valence-corrected chi connectivity index (χ4v) is 4.74. The minimum absolute atomic E-state index is 0.194. The van der Waals surface area contributed by atoms with Gasteiger partial charge in [0.2, 0.25) is 5.69 Å². The largest absolute Gasteiger partial charge is 0.496 e. The van der Waals surface area contributed by atoms with E-state index in [2.05, 4.69) is 32.9 Å². The van der Waals surface area contributed by atoms with Crippen LogP contribution in [0.25, 0.3) is 5.69 Å². The second kappa shape index (κ2) is 14.7. The van der Waals surface area contributed by atoms with Gasteiger partial charge in [0.05, 0.1) is 23.9 Å². The van der Waals surface area contributed by atoms with Crippen molar-refractivity contribution in [1.29, 1.82) is 0 Å². The molecule has 0 aliphatic rings. The maximum atomic E-state index is 12.6. The summed E-state index contributed by atoms with van der Waals surface area (Å²) in [5.41, 5.74) is -0.257. The number of aryl methyl sites for hydroxylation is 2. The molecule has 9 nitrogen and oxygen atoms in total. The zero-order valence-corrected chi connectivity index (χ0v) is 24.6. The molecule has 10 heteroatoms. The van der Waals surface area contributed by atoms with Gasteiger partial charge < -0.3 is 14.2 Å². The average Bonchev–Trinajstić information content (AvgIpc) is 2.89. The number of benzene rings is 2. The van der Waals surface area contributed by atoms with Crippen molar-refractivity contribution in [3.8, 4) is 22.9 Å². The van der Waals surface area contributed by atoms with Gasteiger partial charge in [-0.25, -0.2) is 9.59 Å². The number of hydrogen-bond acceptors (Lipinski definition) is 7. The Hall–Kier alpha value is -3.40. The third-order valence-electron chi connectivity index (χ3n) is 6.29. The second-order valence-electron chi connectivity index (χ2n) is 9.44. The smallest absolute Gasteiger partial charge is 0.364 e. The predicted octanol–water partition coefficient (Wildman–Crippen LogP) is 6.40. The Bertz CT molecular complexity index is 1380. The molecule has 39 heavy (non-hydrogen) atoms. The van der Waals surface area contributed by atoms with Crippen molar-refractivity contribution >= 4 is 21.9 Å². The monoisotopic (exact) mass is 601 g/mol. The first-order valence-corrected chi connectivity index (χ1v) is 14.1. The van der Waals surface area contributed by atoms with Gasteiger partial charge in [-0.3, -0.25) is 9.78 Å². The minimum atomic E-state index is -0.879. The first-order valence-electron chi connectivity index (χ1n) is 13.3. The third-order valence-corrected chi connectivity index (χ3v) is 6.90. The van der Waals surface area contributed by atoms with Crippen molar-refractivity contribution in [3.63, 3.8) is 0 Å². The van der Waals surface area contributed by atoms with Crippen LogP contribution in [0.1, 0.15) is 79.9 Å². The van der Waals surface area contributed by atoms with Gasteiger partial charge in [-0.1, -0.05) is 51.9 Å². The van der Waals surface area contributed by atoms with Crippen LogP contribution in [0.5, 0.6) is 17.2 Å². The van der Waals surface area contributed by atoms with Crippen LogP contribution in [0.2, 0.25) is 0 Å². The molecule has 0 saturated heterocycles. The first-order chi connectivity index (χ1) is 18.7. The van der Waals surface area contributed by atoms with Gasteiger partial charge in [-0.2, -0.15) is 9.78 Å². The molecule has 0 spiro atoms. The first kappa shape index (κ1) is 30.1. The van der Waals surface area contributed by atoms with E-state index in [0.29, 0.717) is 29.4 Å². The van der Waals surface area contributed by atoms with Crippen molar-refractivity contribution in [2.75, 3.05) is 13.7 Å². The molecule has 1 N–H and O–H groups in total. The van der Waals surface area contributed by atoms with E-state index in [-0.39, 0.29) is 6.61 Å². The van der Waals surface area contributed by atoms with Gasteiger partial charge in [0, 0.05) is 0 Å². The molecule has 2 aromatic carbocycles. The summed E-state index contributed by atoms with van der Waals surface area (Å²) < 4.78 is 18.4. The molecule has 1 heterocycles. The number of nitrogens with zero attached hydrogens (tertiary/aromatic N) is 2. The number of carbonyl (C=O) groups is 1. The van der Waals surface area contributed by atoms with Crippen LogP contribution >= 0.6 is 15.9 Å². The fraction of sp³-hybridized carbons (Fsp3) is 0.448. The number of esters is 1. The summed E-state index contributed by atoms with van der Waals surface area (Å²) in [6.07, 6.45) is 8.87. The number of ether oxygens (including phenoxy) is 3. The molecule has 0 fully saturated rings. The number of carbonyl (C=O) groups excluding carboxylic acids is 1. The highest BCUT2D eigenvalue weighted by molar-refractivity contribution is 9.10. The number of H-pyrrole nitrogens is 1. The number of methoxy groups -OCH3 is 1. The number of aromatic nitrogens is 3. The fourth-order valence-electron chi connectivity index (χ4n) is 4.22. The van der Waals surface area contributed by atoms with Gasteiger partial charge in [0.1, 0.15) is 17.2 Å². The van der Waals surface area contributed by atoms with E-state index in [1.807, 2.05) is 13.8 Å². The zero-order valence-electron chi connectivity index (χ0n) is 23.0. The molecule has 3 rings (SSSR count). The molecule has 0 aliphatic heterocycles. The molecular weight excluding hydrogens is 566 g/mol. The number of unbranched alkanes of at least 4 members (excludes halogenated alkanes) is 7. The summed E-state index contributed by atoms with van der Waals surface area (Å²) in [6.45, 7) is 6.05.